The molecule has 0 aliphatic rings. The number of benzene rings is 1. The van der Waals surface area contributed by atoms with Crippen LogP contribution in [0.4, 0.5) is 5.69 Å². The van der Waals surface area contributed by atoms with Gasteiger partial charge >= 0.3 is 0 Å². The Labute approximate surface area is 128 Å². The quantitative estimate of drug-likeness (QED) is 0.873. The first kappa shape index (κ1) is 14.8. The fourth-order valence-electron chi connectivity index (χ4n) is 1.43. The zero-order valence-corrected chi connectivity index (χ0v) is 12.1. The van der Waals surface area contributed by atoms with Crippen LogP contribution in [0.5, 0.6) is 0 Å². The van der Waals surface area contributed by atoms with Crippen molar-refractivity contribution in [1.29, 1.82) is 0 Å². The Balaban J connectivity index is 2.10. The van der Waals surface area contributed by atoms with Gasteiger partial charge in [0.2, 0.25) is 5.91 Å². The van der Waals surface area contributed by atoms with Gasteiger partial charge in [-0.25, -0.2) is 4.68 Å². The average Bonchev–Trinajstić information content (AvgIpc) is 2.81. The van der Waals surface area contributed by atoms with Gasteiger partial charge in [-0.3, -0.25) is 9.59 Å². The van der Waals surface area contributed by atoms with Crippen molar-refractivity contribution in [2.24, 2.45) is 0 Å². The summed E-state index contributed by atoms with van der Waals surface area (Å²) in [7, 11) is 0. The first-order valence-corrected chi connectivity index (χ1v) is 6.42. The minimum absolute atomic E-state index is 0.129. The molecule has 1 amide bonds. The lowest BCUT2D eigenvalue weighted by molar-refractivity contribution is -0.116. The van der Waals surface area contributed by atoms with Crippen LogP contribution in [0.25, 0.3) is 0 Å². The Bertz CT molecular complexity index is 648. The third-order valence-corrected chi connectivity index (χ3v) is 3.07. The Hall–Kier alpha value is -1.63. The number of amides is 1. The Morgan fingerprint density at radius 2 is 1.95 bits per heavy atom. The fourth-order valence-corrected chi connectivity index (χ4v) is 2.34. The number of rotatable bonds is 4. The number of aromatic nitrogens is 3. The lowest BCUT2D eigenvalue weighted by Crippen LogP contribution is -2.19. The van der Waals surface area contributed by atoms with Crippen LogP contribution >= 0.6 is 34.8 Å². The first-order chi connectivity index (χ1) is 9.49. The van der Waals surface area contributed by atoms with Crippen molar-refractivity contribution < 1.29 is 9.59 Å². The van der Waals surface area contributed by atoms with E-state index >= 15 is 0 Å². The van der Waals surface area contributed by atoms with Crippen molar-refractivity contribution in [3.8, 4) is 0 Å². The van der Waals surface area contributed by atoms with E-state index in [-0.39, 0.29) is 28.0 Å². The predicted octanol–water partition coefficient (Wildman–Crippen LogP) is 2.69. The standard InChI is InChI=1S/C11H7Cl3N4O2/c12-6-1-8(13)11(9(14)2-6)15-10(20)4-18-3-7(5-19)16-17-18/h1-3,5H,4H2,(H,15,20). The summed E-state index contributed by atoms with van der Waals surface area (Å²) in [5.41, 5.74) is 0.402. The van der Waals surface area contributed by atoms with Gasteiger partial charge in [-0.15, -0.1) is 5.10 Å². The summed E-state index contributed by atoms with van der Waals surface area (Å²) in [6.07, 6.45) is 1.88. The van der Waals surface area contributed by atoms with E-state index in [0.717, 1.165) is 0 Å². The first-order valence-electron chi connectivity index (χ1n) is 5.29. The van der Waals surface area contributed by atoms with Crippen LogP contribution in [0.3, 0.4) is 0 Å². The summed E-state index contributed by atoms with van der Waals surface area (Å²) in [6.45, 7) is -0.129. The van der Waals surface area contributed by atoms with E-state index in [1.807, 2.05) is 0 Å². The largest absolute Gasteiger partial charge is 0.322 e. The Morgan fingerprint density at radius 3 is 2.50 bits per heavy atom. The molecule has 0 radical (unpaired) electrons. The van der Waals surface area contributed by atoms with E-state index in [1.165, 1.54) is 23.0 Å². The number of aldehydes is 1. The molecule has 1 N–H and O–H groups in total. The average molecular weight is 334 g/mol. The third kappa shape index (κ3) is 3.47. The van der Waals surface area contributed by atoms with Gasteiger partial charge in [0.1, 0.15) is 12.2 Å². The number of anilines is 1. The van der Waals surface area contributed by atoms with Crippen LogP contribution in [-0.4, -0.2) is 27.2 Å². The highest BCUT2D eigenvalue weighted by atomic mass is 35.5. The zero-order chi connectivity index (χ0) is 14.7. The van der Waals surface area contributed by atoms with Crippen molar-refractivity contribution in [3.05, 3.63) is 39.1 Å². The maximum Gasteiger partial charge on any atom is 0.246 e. The summed E-state index contributed by atoms with van der Waals surface area (Å²) in [5.74, 6) is -0.418. The zero-order valence-electron chi connectivity index (χ0n) is 9.81. The second kappa shape index (κ2) is 6.21. The van der Waals surface area contributed by atoms with Crippen LogP contribution < -0.4 is 5.32 Å². The smallest absolute Gasteiger partial charge is 0.246 e. The van der Waals surface area contributed by atoms with Gasteiger partial charge < -0.3 is 5.32 Å². The number of carbonyl (C=O) groups excluding carboxylic acids is 2. The number of hydrogen-bond donors (Lipinski definition) is 1. The van der Waals surface area contributed by atoms with Crippen LogP contribution in [0.15, 0.2) is 18.3 Å². The highest BCUT2D eigenvalue weighted by Gasteiger charge is 2.12. The molecule has 0 bridgehead atoms. The van der Waals surface area contributed by atoms with Crippen molar-refractivity contribution in [2.75, 3.05) is 5.32 Å². The maximum atomic E-state index is 11.8. The van der Waals surface area contributed by atoms with Gasteiger partial charge in [0.25, 0.3) is 0 Å². The van der Waals surface area contributed by atoms with Gasteiger partial charge in [0.15, 0.2) is 6.29 Å². The van der Waals surface area contributed by atoms with Gasteiger partial charge in [0, 0.05) is 5.02 Å². The van der Waals surface area contributed by atoms with Crippen molar-refractivity contribution in [2.45, 2.75) is 6.54 Å². The third-order valence-electron chi connectivity index (χ3n) is 2.25. The van der Waals surface area contributed by atoms with Crippen molar-refractivity contribution >= 4 is 52.7 Å². The van der Waals surface area contributed by atoms with Gasteiger partial charge in [0.05, 0.1) is 21.9 Å². The van der Waals surface area contributed by atoms with Crippen LogP contribution in [-0.2, 0) is 11.3 Å². The fraction of sp³-hybridized carbons (Fsp3) is 0.0909. The molecule has 0 aliphatic heterocycles. The molecular weight excluding hydrogens is 327 g/mol. The normalized spacial score (nSPS) is 10.3. The van der Waals surface area contributed by atoms with Crippen LogP contribution in [0.1, 0.15) is 10.5 Å². The minimum Gasteiger partial charge on any atom is -0.322 e. The number of nitrogens with one attached hydrogen (secondary N) is 1. The Morgan fingerprint density at radius 1 is 1.30 bits per heavy atom. The predicted molar refractivity (Wildman–Crippen MR) is 75.5 cm³/mol. The molecule has 20 heavy (non-hydrogen) atoms. The summed E-state index contributed by atoms with van der Waals surface area (Å²) in [4.78, 5) is 22.3. The van der Waals surface area contributed by atoms with E-state index < -0.39 is 5.91 Å². The molecule has 1 aromatic carbocycles. The van der Waals surface area contributed by atoms with E-state index in [2.05, 4.69) is 15.6 Å². The lowest BCUT2D eigenvalue weighted by atomic mass is 10.3. The topological polar surface area (TPSA) is 76.9 Å². The molecule has 1 aromatic heterocycles. The van der Waals surface area contributed by atoms with E-state index in [9.17, 15) is 9.59 Å². The number of nitrogens with zero attached hydrogens (tertiary/aromatic N) is 3. The van der Waals surface area contributed by atoms with Crippen LogP contribution in [0.2, 0.25) is 15.1 Å². The van der Waals surface area contributed by atoms with Gasteiger partial charge in [-0.05, 0) is 12.1 Å². The summed E-state index contributed by atoms with van der Waals surface area (Å²) in [6, 6.07) is 2.93. The van der Waals surface area contributed by atoms with Gasteiger partial charge in [-0.1, -0.05) is 40.0 Å². The summed E-state index contributed by atoms with van der Waals surface area (Å²) in [5, 5.41) is 10.5. The molecule has 0 spiro atoms. The summed E-state index contributed by atoms with van der Waals surface area (Å²) < 4.78 is 1.22. The van der Waals surface area contributed by atoms with Crippen molar-refractivity contribution in [1.82, 2.24) is 15.0 Å². The van der Waals surface area contributed by atoms with E-state index in [0.29, 0.717) is 11.3 Å². The number of carbonyl (C=O) groups is 2. The molecule has 9 heteroatoms. The highest BCUT2D eigenvalue weighted by Crippen LogP contribution is 2.33. The second-order valence-corrected chi connectivity index (χ2v) is 5.00. The van der Waals surface area contributed by atoms with E-state index in [4.69, 9.17) is 34.8 Å². The van der Waals surface area contributed by atoms with Crippen LogP contribution in [0, 0.1) is 0 Å². The van der Waals surface area contributed by atoms with Gasteiger partial charge in [-0.2, -0.15) is 0 Å². The maximum absolute atomic E-state index is 11.8. The molecule has 0 fully saturated rings. The molecule has 0 unspecified atom stereocenters. The Kier molecular flexibility index (Phi) is 4.59. The molecule has 0 saturated heterocycles. The lowest BCUT2D eigenvalue weighted by Gasteiger charge is -2.09. The van der Waals surface area contributed by atoms with Crippen molar-refractivity contribution in [3.63, 3.8) is 0 Å². The highest BCUT2D eigenvalue weighted by molar-refractivity contribution is 6.42. The second-order valence-electron chi connectivity index (χ2n) is 3.75. The summed E-state index contributed by atoms with van der Waals surface area (Å²) >= 11 is 17.7. The monoisotopic (exact) mass is 332 g/mol. The molecule has 0 atom stereocenters. The SMILES string of the molecule is O=Cc1cn(CC(=O)Nc2c(Cl)cc(Cl)cc2Cl)nn1. The molecule has 2 aromatic rings. The molecular formula is C11H7Cl3N4O2. The number of halogens is 3. The molecule has 0 saturated carbocycles. The molecule has 0 aliphatic carbocycles. The molecule has 2 rings (SSSR count). The molecule has 104 valence electrons. The minimum atomic E-state index is -0.418. The number of hydrogen-bond acceptors (Lipinski definition) is 4. The molecule has 6 nitrogen and oxygen atoms in total. The van der Waals surface area contributed by atoms with E-state index in [1.54, 1.807) is 0 Å². The molecule has 1 heterocycles.